The van der Waals surface area contributed by atoms with Crippen molar-refractivity contribution < 1.29 is 9.90 Å². The summed E-state index contributed by atoms with van der Waals surface area (Å²) in [4.78, 5) is 10.8. The van der Waals surface area contributed by atoms with Crippen LogP contribution in [0.4, 0.5) is 5.69 Å². The topological polar surface area (TPSA) is 63.3 Å². The third-order valence-electron chi connectivity index (χ3n) is 3.12. The summed E-state index contributed by atoms with van der Waals surface area (Å²) in [6.07, 6.45) is 0.0755. The lowest BCUT2D eigenvalue weighted by Gasteiger charge is -2.20. The zero-order valence-electron chi connectivity index (χ0n) is 11.6. The molecule has 0 fully saturated rings. The van der Waals surface area contributed by atoms with Crippen molar-refractivity contribution in [2.24, 2.45) is 0 Å². The molecule has 0 heterocycles. The van der Waals surface area contributed by atoms with Gasteiger partial charge < -0.3 is 10.8 Å². The summed E-state index contributed by atoms with van der Waals surface area (Å²) in [5.41, 5.74) is 8.43. The van der Waals surface area contributed by atoms with Gasteiger partial charge in [-0.3, -0.25) is 4.79 Å². The Morgan fingerprint density at radius 2 is 1.91 bits per heavy atom. The maximum atomic E-state index is 10.8. The third kappa shape index (κ3) is 4.32. The molecule has 0 aliphatic rings. The average molecular weight is 356 g/mol. The van der Waals surface area contributed by atoms with E-state index in [0.717, 1.165) is 11.1 Å². The van der Waals surface area contributed by atoms with E-state index in [2.05, 4.69) is 0 Å². The molecule has 1 atom stereocenters. The Labute approximate surface area is 143 Å². The highest BCUT2D eigenvalue weighted by Crippen LogP contribution is 2.42. The summed E-state index contributed by atoms with van der Waals surface area (Å²) >= 11 is 13.9. The van der Waals surface area contributed by atoms with Gasteiger partial charge in [0.1, 0.15) is 0 Å². The van der Waals surface area contributed by atoms with E-state index in [1.54, 1.807) is 18.2 Å². The number of hydrogen-bond donors (Lipinski definition) is 2. The van der Waals surface area contributed by atoms with Crippen molar-refractivity contribution in [3.63, 3.8) is 0 Å². The Morgan fingerprint density at radius 1 is 1.18 bits per heavy atom. The molecule has 3 N–H and O–H groups in total. The van der Waals surface area contributed by atoms with Crippen molar-refractivity contribution in [1.82, 2.24) is 0 Å². The van der Waals surface area contributed by atoms with Crippen LogP contribution in [-0.2, 0) is 4.79 Å². The molecule has 0 aliphatic heterocycles. The van der Waals surface area contributed by atoms with Crippen LogP contribution >= 0.6 is 35.0 Å². The molecule has 0 aromatic heterocycles. The molecule has 0 spiro atoms. The molecule has 2 aromatic carbocycles. The first-order valence-electron chi connectivity index (χ1n) is 6.62. The Kier molecular flexibility index (Phi) is 6.00. The molecule has 1 unspecified atom stereocenters. The van der Waals surface area contributed by atoms with Gasteiger partial charge in [0.15, 0.2) is 0 Å². The van der Waals surface area contributed by atoms with Gasteiger partial charge in [-0.25, -0.2) is 0 Å². The summed E-state index contributed by atoms with van der Waals surface area (Å²) in [6.45, 7) is 0. The number of benzene rings is 2. The van der Waals surface area contributed by atoms with E-state index in [1.807, 2.05) is 24.3 Å². The van der Waals surface area contributed by atoms with E-state index in [-0.39, 0.29) is 11.7 Å². The van der Waals surface area contributed by atoms with Gasteiger partial charge in [0.2, 0.25) is 0 Å². The fraction of sp³-hybridized carbons (Fsp3) is 0.188. The SMILES string of the molecule is Nc1ccc(Cl)cc1C(SCCC(=O)O)c1ccccc1Cl. The largest absolute Gasteiger partial charge is 0.481 e. The van der Waals surface area contributed by atoms with Gasteiger partial charge in [-0.1, -0.05) is 41.4 Å². The van der Waals surface area contributed by atoms with E-state index in [1.165, 1.54) is 11.8 Å². The third-order valence-corrected chi connectivity index (χ3v) is 4.98. The van der Waals surface area contributed by atoms with Crippen LogP contribution < -0.4 is 5.73 Å². The van der Waals surface area contributed by atoms with E-state index in [0.29, 0.717) is 21.5 Å². The summed E-state index contributed by atoms with van der Waals surface area (Å²) in [5.74, 6) is -0.374. The molecule has 0 aliphatic carbocycles. The van der Waals surface area contributed by atoms with Crippen LogP contribution in [-0.4, -0.2) is 16.8 Å². The molecular formula is C16H15Cl2NO2S. The van der Waals surface area contributed by atoms with Gasteiger partial charge in [-0.15, -0.1) is 11.8 Å². The second-order valence-corrected chi connectivity index (χ2v) is 6.75. The normalized spacial score (nSPS) is 12.1. The molecular weight excluding hydrogens is 341 g/mol. The number of carboxylic acid groups (broad SMARTS) is 1. The first-order chi connectivity index (χ1) is 10.5. The number of nitrogens with two attached hydrogens (primary N) is 1. The van der Waals surface area contributed by atoms with Crippen molar-refractivity contribution in [3.8, 4) is 0 Å². The quantitative estimate of drug-likeness (QED) is 0.725. The smallest absolute Gasteiger partial charge is 0.304 e. The van der Waals surface area contributed by atoms with Gasteiger partial charge in [0.05, 0.1) is 11.7 Å². The maximum absolute atomic E-state index is 10.8. The number of thioether (sulfide) groups is 1. The van der Waals surface area contributed by atoms with Crippen LogP contribution in [0.3, 0.4) is 0 Å². The molecule has 0 bridgehead atoms. The predicted octanol–water partition coefficient (Wildman–Crippen LogP) is 4.87. The van der Waals surface area contributed by atoms with Crippen molar-refractivity contribution in [2.45, 2.75) is 11.7 Å². The monoisotopic (exact) mass is 355 g/mol. The van der Waals surface area contributed by atoms with Gasteiger partial charge in [0, 0.05) is 21.5 Å². The summed E-state index contributed by atoms with van der Waals surface area (Å²) < 4.78 is 0. The molecule has 6 heteroatoms. The molecule has 22 heavy (non-hydrogen) atoms. The highest BCUT2D eigenvalue weighted by Gasteiger charge is 2.20. The average Bonchev–Trinajstić information content (AvgIpc) is 2.47. The van der Waals surface area contributed by atoms with Crippen molar-refractivity contribution in [3.05, 3.63) is 63.6 Å². The molecule has 0 radical (unpaired) electrons. The van der Waals surface area contributed by atoms with Crippen LogP contribution in [0.15, 0.2) is 42.5 Å². The molecule has 2 rings (SSSR count). The summed E-state index contributed by atoms with van der Waals surface area (Å²) in [5, 5.41) is 9.88. The molecule has 0 saturated carbocycles. The lowest BCUT2D eigenvalue weighted by molar-refractivity contribution is -0.136. The van der Waals surface area contributed by atoms with Crippen molar-refractivity contribution >= 4 is 46.6 Å². The Bertz CT molecular complexity index is 679. The molecule has 2 aromatic rings. The van der Waals surface area contributed by atoms with Gasteiger partial charge in [-0.2, -0.15) is 0 Å². The van der Waals surface area contributed by atoms with Gasteiger partial charge >= 0.3 is 5.97 Å². The van der Waals surface area contributed by atoms with Crippen molar-refractivity contribution in [1.29, 1.82) is 0 Å². The second-order valence-electron chi connectivity index (χ2n) is 4.69. The summed E-state index contributed by atoms with van der Waals surface area (Å²) in [6, 6.07) is 12.8. The predicted molar refractivity (Wildman–Crippen MR) is 93.9 cm³/mol. The van der Waals surface area contributed by atoms with Crippen LogP contribution in [0.1, 0.15) is 22.8 Å². The molecule has 3 nitrogen and oxygen atoms in total. The Balaban J connectivity index is 2.39. The first-order valence-corrected chi connectivity index (χ1v) is 8.42. The number of nitrogen functional groups attached to an aromatic ring is 1. The number of carbonyl (C=O) groups is 1. The van der Waals surface area contributed by atoms with Crippen LogP contribution in [0.5, 0.6) is 0 Å². The number of carboxylic acids is 1. The lowest BCUT2D eigenvalue weighted by atomic mass is 10.0. The minimum absolute atomic E-state index is 0.0755. The highest BCUT2D eigenvalue weighted by molar-refractivity contribution is 7.99. The molecule has 0 saturated heterocycles. The van der Waals surface area contributed by atoms with Crippen LogP contribution in [0.25, 0.3) is 0 Å². The van der Waals surface area contributed by atoms with E-state index >= 15 is 0 Å². The van der Waals surface area contributed by atoms with Crippen molar-refractivity contribution in [2.75, 3.05) is 11.5 Å². The Hall–Kier alpha value is -1.36. The summed E-state index contributed by atoms with van der Waals surface area (Å²) in [7, 11) is 0. The fourth-order valence-corrected chi connectivity index (χ4v) is 3.86. The van der Waals surface area contributed by atoms with Crippen LogP contribution in [0, 0.1) is 0 Å². The minimum Gasteiger partial charge on any atom is -0.481 e. The number of hydrogen-bond acceptors (Lipinski definition) is 3. The minimum atomic E-state index is -0.829. The maximum Gasteiger partial charge on any atom is 0.304 e. The van der Waals surface area contributed by atoms with E-state index in [4.69, 9.17) is 34.0 Å². The lowest BCUT2D eigenvalue weighted by Crippen LogP contribution is -2.05. The fourth-order valence-electron chi connectivity index (χ4n) is 2.07. The number of rotatable bonds is 6. The van der Waals surface area contributed by atoms with Gasteiger partial charge in [0.25, 0.3) is 0 Å². The number of aliphatic carboxylic acids is 1. The standard InChI is InChI=1S/C16H15Cl2NO2S/c17-10-5-6-14(19)12(9-10)16(22-8-7-15(20)21)11-3-1-2-4-13(11)18/h1-6,9,16H,7-8,19H2,(H,20,21). The van der Waals surface area contributed by atoms with E-state index in [9.17, 15) is 4.79 Å². The highest BCUT2D eigenvalue weighted by atomic mass is 35.5. The first kappa shape index (κ1) is 17.0. The number of anilines is 1. The van der Waals surface area contributed by atoms with E-state index < -0.39 is 5.97 Å². The molecule has 0 amide bonds. The molecule has 116 valence electrons. The van der Waals surface area contributed by atoms with Crippen LogP contribution in [0.2, 0.25) is 10.0 Å². The van der Waals surface area contributed by atoms with Gasteiger partial charge in [-0.05, 0) is 35.4 Å². The number of halogens is 2. The Morgan fingerprint density at radius 3 is 2.59 bits per heavy atom. The zero-order valence-corrected chi connectivity index (χ0v) is 14.0. The zero-order chi connectivity index (χ0) is 16.1. The second kappa shape index (κ2) is 7.77.